The molecule has 0 aliphatic rings. The molecule has 0 aromatic carbocycles. The molecule has 0 aromatic rings. The summed E-state index contributed by atoms with van der Waals surface area (Å²) in [5.41, 5.74) is -0.0839. The van der Waals surface area contributed by atoms with Crippen LogP contribution in [0.1, 0.15) is 6.92 Å². The van der Waals surface area contributed by atoms with Gasteiger partial charge in [-0.1, -0.05) is 0 Å². The summed E-state index contributed by atoms with van der Waals surface area (Å²) < 4.78 is 4.89. The van der Waals surface area contributed by atoms with E-state index in [0.29, 0.717) is 0 Å². The van der Waals surface area contributed by atoms with Crippen molar-refractivity contribution in [1.29, 1.82) is 5.26 Å². The van der Waals surface area contributed by atoms with Crippen LogP contribution in [-0.4, -0.2) is 18.8 Å². The van der Waals surface area contributed by atoms with Crippen LogP contribution in [0.3, 0.4) is 0 Å². The molecule has 0 unspecified atom stereocenters. The first-order valence-corrected chi connectivity index (χ1v) is 4.83. The zero-order valence-corrected chi connectivity index (χ0v) is 11.4. The molecular weight excluding hydrogens is 217 g/mol. The monoisotopic (exact) mass is 225 g/mol. The van der Waals surface area contributed by atoms with Crippen molar-refractivity contribution in [1.82, 2.24) is 0 Å². The van der Waals surface area contributed by atoms with Crippen LogP contribution in [0.15, 0.2) is 9.81 Å². The second-order valence-electron chi connectivity index (χ2n) is 1.70. The number of thioether (sulfide) groups is 1. The van der Waals surface area contributed by atoms with Crippen molar-refractivity contribution in [3.8, 4) is 6.07 Å². The Morgan fingerprint density at radius 1 is 1.69 bits per heavy atom. The average Bonchev–Trinajstić information content (AvgIpc) is 2.06. The van der Waals surface area contributed by atoms with Crippen molar-refractivity contribution in [3.05, 3.63) is 9.81 Å². The zero-order valence-electron chi connectivity index (χ0n) is 7.79. The largest absolute Gasteiger partial charge is 1.00 e. The van der Waals surface area contributed by atoms with Gasteiger partial charge in [0.25, 0.3) is 0 Å². The van der Waals surface area contributed by atoms with Crippen LogP contribution >= 0.6 is 11.8 Å². The average molecular weight is 225 g/mol. The van der Waals surface area contributed by atoms with Gasteiger partial charge < -0.3 is 17.4 Å². The van der Waals surface area contributed by atoms with Crippen LogP contribution in [0.2, 0.25) is 0 Å². The van der Waals surface area contributed by atoms with Gasteiger partial charge in [0, 0.05) is 0 Å². The zero-order chi connectivity index (χ0) is 9.56. The number of rotatable bonds is 3. The molecule has 66 valence electrons. The standard InChI is InChI=1S/C7H9NO2S2.Na/c1-3-10-6(9)5(4-8)7(11)12-2;/h11H,3H2,1-2H3;/q;+1/p-1/b7-5+;. The fourth-order valence-corrected chi connectivity index (χ4v) is 0.942. The normalized spacial score (nSPS) is 10.5. The molecule has 6 heteroatoms. The molecule has 0 spiro atoms. The number of carbonyl (C=O) groups is 1. The molecular formula is C7H8NNaO2S2. The summed E-state index contributed by atoms with van der Waals surface area (Å²) in [6.07, 6.45) is 1.71. The smallest absolute Gasteiger partial charge is 0.772 e. The first kappa shape index (κ1) is 15.7. The van der Waals surface area contributed by atoms with Gasteiger partial charge in [-0.3, -0.25) is 0 Å². The van der Waals surface area contributed by atoms with Crippen molar-refractivity contribution < 1.29 is 39.1 Å². The molecule has 0 aromatic heterocycles. The molecule has 0 bridgehead atoms. The number of nitrogens with zero attached hydrogens (tertiary/aromatic N) is 1. The summed E-state index contributed by atoms with van der Waals surface area (Å²) in [6, 6.07) is 1.72. The maximum atomic E-state index is 11.0. The van der Waals surface area contributed by atoms with E-state index in [0.717, 1.165) is 0 Å². The number of carbonyl (C=O) groups excluding carboxylic acids is 1. The quantitative estimate of drug-likeness (QED) is 0.186. The molecule has 13 heavy (non-hydrogen) atoms. The fraction of sp³-hybridized carbons (Fsp3) is 0.429. The van der Waals surface area contributed by atoms with Gasteiger partial charge in [-0.25, -0.2) is 4.79 Å². The molecule has 0 saturated heterocycles. The van der Waals surface area contributed by atoms with Crippen molar-refractivity contribution >= 4 is 30.4 Å². The third-order valence-corrected chi connectivity index (χ3v) is 2.26. The predicted molar refractivity (Wildman–Crippen MR) is 50.2 cm³/mol. The Hall–Kier alpha value is 0.270. The maximum absolute atomic E-state index is 11.0. The summed E-state index contributed by atoms with van der Waals surface area (Å²) in [7, 11) is 0. The van der Waals surface area contributed by atoms with Gasteiger partial charge in [-0.15, -0.1) is 4.24 Å². The Balaban J connectivity index is 0. The van der Waals surface area contributed by atoms with E-state index in [1.807, 2.05) is 0 Å². The van der Waals surface area contributed by atoms with Crippen molar-refractivity contribution in [3.63, 3.8) is 0 Å². The SMILES string of the molecule is CCOC(=O)/C(C#N)=C(\[S-])SC.[Na+]. The molecule has 0 radical (unpaired) electrons. The molecule has 0 rings (SSSR count). The molecule has 0 fully saturated rings. The van der Waals surface area contributed by atoms with Crippen LogP contribution in [0, 0.1) is 11.3 Å². The number of esters is 1. The van der Waals surface area contributed by atoms with Gasteiger partial charge in [-0.2, -0.15) is 17.0 Å². The molecule has 0 aliphatic heterocycles. The number of ether oxygens (including phenoxy) is 1. The van der Waals surface area contributed by atoms with Gasteiger partial charge >= 0.3 is 35.5 Å². The Morgan fingerprint density at radius 3 is 2.54 bits per heavy atom. The minimum Gasteiger partial charge on any atom is -0.772 e. The summed E-state index contributed by atoms with van der Waals surface area (Å²) >= 11 is 5.95. The fourth-order valence-electron chi connectivity index (χ4n) is 0.480. The van der Waals surface area contributed by atoms with Crippen LogP contribution < -0.4 is 29.6 Å². The van der Waals surface area contributed by atoms with E-state index in [4.69, 9.17) is 17.9 Å². The first-order chi connectivity index (χ1) is 5.67. The van der Waals surface area contributed by atoms with Crippen molar-refractivity contribution in [2.24, 2.45) is 0 Å². The van der Waals surface area contributed by atoms with Crippen LogP contribution in [0.25, 0.3) is 0 Å². The molecule has 3 nitrogen and oxygen atoms in total. The van der Waals surface area contributed by atoms with Gasteiger partial charge in [0.05, 0.1) is 6.61 Å². The molecule has 0 amide bonds. The van der Waals surface area contributed by atoms with Crippen molar-refractivity contribution in [2.45, 2.75) is 6.92 Å². The number of hydrogen-bond acceptors (Lipinski definition) is 5. The van der Waals surface area contributed by atoms with E-state index in [1.54, 1.807) is 19.2 Å². The summed E-state index contributed by atoms with van der Waals surface area (Å²) in [6.45, 7) is 1.93. The number of nitriles is 1. The van der Waals surface area contributed by atoms with E-state index in [9.17, 15) is 4.79 Å². The summed E-state index contributed by atoms with van der Waals surface area (Å²) in [5, 5.41) is 8.54. The molecule has 0 aliphatic carbocycles. The second-order valence-corrected chi connectivity index (χ2v) is 3.18. The van der Waals surface area contributed by atoms with E-state index in [-0.39, 0.29) is 46.0 Å². The second kappa shape index (κ2) is 8.85. The van der Waals surface area contributed by atoms with Crippen molar-refractivity contribution in [2.75, 3.05) is 12.9 Å². The molecule has 0 heterocycles. The summed E-state index contributed by atoms with van der Waals surface area (Å²) in [5.74, 6) is -0.639. The van der Waals surface area contributed by atoms with Crippen LogP contribution in [0.5, 0.6) is 0 Å². The minimum absolute atomic E-state index is 0. The minimum atomic E-state index is -0.639. The van der Waals surface area contributed by atoms with E-state index >= 15 is 0 Å². The van der Waals surface area contributed by atoms with E-state index in [1.165, 1.54) is 11.8 Å². The van der Waals surface area contributed by atoms with Crippen LogP contribution in [-0.2, 0) is 22.2 Å². The third-order valence-electron chi connectivity index (χ3n) is 0.981. The molecule has 0 N–H and O–H groups in total. The summed E-state index contributed by atoms with van der Waals surface area (Å²) in [4.78, 5) is 11.0. The maximum Gasteiger partial charge on any atom is 1.00 e. The number of hydrogen-bond donors (Lipinski definition) is 0. The molecule has 0 saturated carbocycles. The van der Waals surface area contributed by atoms with E-state index < -0.39 is 5.97 Å². The predicted octanol–water partition coefficient (Wildman–Crippen LogP) is -1.80. The third kappa shape index (κ3) is 5.55. The van der Waals surface area contributed by atoms with Gasteiger partial charge in [0.2, 0.25) is 0 Å². The van der Waals surface area contributed by atoms with Gasteiger partial charge in [-0.05, 0) is 13.2 Å². The first-order valence-electron chi connectivity index (χ1n) is 3.19. The van der Waals surface area contributed by atoms with Crippen LogP contribution in [0.4, 0.5) is 0 Å². The Morgan fingerprint density at radius 2 is 2.23 bits per heavy atom. The molecule has 0 atom stereocenters. The Kier molecular flexibility index (Phi) is 10.7. The Bertz CT molecular complexity index is 247. The van der Waals surface area contributed by atoms with Gasteiger partial charge in [0.1, 0.15) is 11.6 Å². The Labute approximate surface area is 110 Å². The van der Waals surface area contributed by atoms with E-state index in [2.05, 4.69) is 4.74 Å². The van der Waals surface area contributed by atoms with Gasteiger partial charge in [0.15, 0.2) is 0 Å². The topological polar surface area (TPSA) is 50.1 Å².